The first kappa shape index (κ1) is 22.9. The summed E-state index contributed by atoms with van der Waals surface area (Å²) in [5.41, 5.74) is 1.23. The Labute approximate surface area is 185 Å². The Morgan fingerprint density at radius 3 is 2.42 bits per heavy atom. The van der Waals surface area contributed by atoms with Crippen LogP contribution in [0.3, 0.4) is 0 Å². The van der Waals surface area contributed by atoms with Gasteiger partial charge in [-0.15, -0.1) is 11.3 Å². The van der Waals surface area contributed by atoms with Crippen LogP contribution in [0.25, 0.3) is 10.4 Å². The SMILES string of the molecule is CCN(C(=O)c1nc(C)sc1-c1ccccc1)[C@@H](C)CCc1ncc(C(C)(F)F)cn1. The summed E-state index contributed by atoms with van der Waals surface area (Å²) < 4.78 is 26.7. The molecule has 3 rings (SSSR count). The van der Waals surface area contributed by atoms with Gasteiger partial charge in [0.15, 0.2) is 0 Å². The number of rotatable bonds is 8. The Bertz CT molecular complexity index is 1020. The molecule has 0 spiro atoms. The lowest BCUT2D eigenvalue weighted by atomic mass is 10.1. The van der Waals surface area contributed by atoms with Crippen LogP contribution >= 0.6 is 11.3 Å². The number of nitrogens with zero attached hydrogens (tertiary/aromatic N) is 4. The molecule has 0 saturated heterocycles. The van der Waals surface area contributed by atoms with Gasteiger partial charge in [-0.25, -0.2) is 23.7 Å². The lowest BCUT2D eigenvalue weighted by molar-refractivity contribution is 0.0166. The van der Waals surface area contributed by atoms with E-state index in [9.17, 15) is 13.6 Å². The average Bonchev–Trinajstić information content (AvgIpc) is 3.15. The summed E-state index contributed by atoms with van der Waals surface area (Å²) in [5, 5.41) is 0.840. The van der Waals surface area contributed by atoms with Gasteiger partial charge < -0.3 is 4.90 Å². The molecule has 31 heavy (non-hydrogen) atoms. The van der Waals surface area contributed by atoms with E-state index in [-0.39, 0.29) is 17.5 Å². The fraction of sp³-hybridized carbons (Fsp3) is 0.391. The van der Waals surface area contributed by atoms with Crippen LogP contribution in [-0.2, 0) is 12.3 Å². The number of alkyl halides is 2. The molecular weight excluding hydrogens is 418 g/mol. The molecule has 0 unspecified atom stereocenters. The quantitative estimate of drug-likeness (QED) is 0.460. The number of hydrogen-bond acceptors (Lipinski definition) is 5. The van der Waals surface area contributed by atoms with Gasteiger partial charge in [0.05, 0.1) is 15.4 Å². The van der Waals surface area contributed by atoms with Gasteiger partial charge in [-0.2, -0.15) is 0 Å². The van der Waals surface area contributed by atoms with Crippen LogP contribution in [0, 0.1) is 6.92 Å². The molecule has 164 valence electrons. The van der Waals surface area contributed by atoms with Crippen molar-refractivity contribution in [2.45, 2.75) is 52.5 Å². The van der Waals surface area contributed by atoms with E-state index in [4.69, 9.17) is 0 Å². The number of benzene rings is 1. The summed E-state index contributed by atoms with van der Waals surface area (Å²) in [6, 6.07) is 9.69. The lowest BCUT2D eigenvalue weighted by Gasteiger charge is -2.27. The molecule has 2 heterocycles. The van der Waals surface area contributed by atoms with E-state index in [1.807, 2.05) is 51.1 Å². The maximum absolute atomic E-state index is 13.3. The number of thiazole rings is 1. The highest BCUT2D eigenvalue weighted by atomic mass is 32.1. The van der Waals surface area contributed by atoms with Gasteiger partial charge in [-0.1, -0.05) is 30.3 Å². The van der Waals surface area contributed by atoms with Crippen LogP contribution in [0.15, 0.2) is 42.7 Å². The minimum absolute atomic E-state index is 0.0842. The third-order valence-corrected chi connectivity index (χ3v) is 6.12. The van der Waals surface area contributed by atoms with E-state index in [0.717, 1.165) is 22.4 Å². The van der Waals surface area contributed by atoms with Gasteiger partial charge in [0.1, 0.15) is 11.5 Å². The smallest absolute Gasteiger partial charge is 0.274 e. The Morgan fingerprint density at radius 2 is 1.84 bits per heavy atom. The molecule has 0 aliphatic carbocycles. The van der Waals surface area contributed by atoms with Crippen molar-refractivity contribution in [3.8, 4) is 10.4 Å². The normalized spacial score (nSPS) is 12.6. The summed E-state index contributed by atoms with van der Waals surface area (Å²) in [4.78, 5) is 28.6. The standard InChI is InChI=1S/C23H26F2N4OS/c1-5-29(15(2)11-12-19-26-13-18(14-27-19)23(4,24)25)22(30)20-21(31-16(3)28-20)17-9-7-6-8-10-17/h6-10,13-15H,5,11-12H2,1-4H3/t15-/m0/s1. The zero-order chi connectivity index (χ0) is 22.6. The number of carbonyl (C=O) groups is 1. The number of hydrogen-bond donors (Lipinski definition) is 0. The first-order valence-corrected chi connectivity index (χ1v) is 11.0. The van der Waals surface area contributed by atoms with E-state index in [2.05, 4.69) is 15.0 Å². The summed E-state index contributed by atoms with van der Waals surface area (Å²) in [6.45, 7) is 7.16. The predicted molar refractivity (Wildman–Crippen MR) is 118 cm³/mol. The fourth-order valence-electron chi connectivity index (χ4n) is 3.35. The van der Waals surface area contributed by atoms with E-state index in [1.54, 1.807) is 4.90 Å². The molecule has 5 nitrogen and oxygen atoms in total. The van der Waals surface area contributed by atoms with Gasteiger partial charge in [-0.05, 0) is 32.8 Å². The van der Waals surface area contributed by atoms with E-state index in [0.29, 0.717) is 30.9 Å². The molecule has 0 saturated carbocycles. The molecule has 0 fully saturated rings. The lowest BCUT2D eigenvalue weighted by Crippen LogP contribution is -2.39. The molecular formula is C23H26F2N4OS. The fourth-order valence-corrected chi connectivity index (χ4v) is 4.27. The van der Waals surface area contributed by atoms with E-state index < -0.39 is 5.92 Å². The molecule has 3 aromatic rings. The molecule has 0 N–H and O–H groups in total. The van der Waals surface area contributed by atoms with Crippen molar-refractivity contribution >= 4 is 17.2 Å². The maximum Gasteiger partial charge on any atom is 0.274 e. The van der Waals surface area contributed by atoms with Crippen molar-refractivity contribution in [2.24, 2.45) is 0 Å². The Balaban J connectivity index is 1.73. The zero-order valence-electron chi connectivity index (χ0n) is 18.1. The number of carbonyl (C=O) groups excluding carboxylic acids is 1. The molecule has 1 amide bonds. The summed E-state index contributed by atoms with van der Waals surface area (Å²) >= 11 is 1.51. The van der Waals surface area contributed by atoms with Crippen LogP contribution < -0.4 is 0 Å². The largest absolute Gasteiger partial charge is 0.335 e. The summed E-state index contributed by atoms with van der Waals surface area (Å²) in [6.07, 6.45) is 3.44. The second kappa shape index (κ2) is 9.60. The Hall–Kier alpha value is -2.74. The Morgan fingerprint density at radius 1 is 1.19 bits per heavy atom. The molecule has 0 aliphatic rings. The topological polar surface area (TPSA) is 59.0 Å². The molecule has 0 radical (unpaired) electrons. The Kier molecular flexibility index (Phi) is 7.10. The highest BCUT2D eigenvalue weighted by Gasteiger charge is 2.27. The molecule has 8 heteroatoms. The van der Waals surface area contributed by atoms with Gasteiger partial charge in [0.25, 0.3) is 11.8 Å². The highest BCUT2D eigenvalue weighted by molar-refractivity contribution is 7.15. The number of aryl methyl sites for hydroxylation is 2. The number of halogens is 2. The third-order valence-electron chi connectivity index (χ3n) is 5.10. The van der Waals surface area contributed by atoms with Crippen LogP contribution in [0.5, 0.6) is 0 Å². The average molecular weight is 445 g/mol. The van der Waals surface area contributed by atoms with Crippen molar-refractivity contribution in [1.82, 2.24) is 19.9 Å². The second-order valence-electron chi connectivity index (χ2n) is 7.53. The van der Waals surface area contributed by atoms with E-state index in [1.165, 1.54) is 23.7 Å². The van der Waals surface area contributed by atoms with E-state index >= 15 is 0 Å². The van der Waals surface area contributed by atoms with Crippen LogP contribution in [0.2, 0.25) is 0 Å². The monoisotopic (exact) mass is 444 g/mol. The van der Waals surface area contributed by atoms with Crippen LogP contribution in [-0.4, -0.2) is 38.3 Å². The molecule has 0 bridgehead atoms. The molecule has 1 aromatic carbocycles. The molecule has 0 aliphatic heterocycles. The summed E-state index contributed by atoms with van der Waals surface area (Å²) in [5.74, 6) is -2.59. The van der Waals surface area contributed by atoms with Crippen molar-refractivity contribution < 1.29 is 13.6 Å². The minimum atomic E-state index is -2.96. The molecule has 1 atom stereocenters. The van der Waals surface area contributed by atoms with Gasteiger partial charge >= 0.3 is 0 Å². The van der Waals surface area contributed by atoms with Gasteiger partial charge in [0, 0.05) is 38.3 Å². The zero-order valence-corrected chi connectivity index (χ0v) is 18.9. The van der Waals surface area contributed by atoms with Crippen molar-refractivity contribution in [3.05, 3.63) is 64.8 Å². The predicted octanol–water partition coefficient (Wildman–Crippen LogP) is 5.50. The summed E-state index contributed by atoms with van der Waals surface area (Å²) in [7, 11) is 0. The minimum Gasteiger partial charge on any atom is -0.335 e. The maximum atomic E-state index is 13.3. The number of aromatic nitrogens is 3. The molecule has 2 aromatic heterocycles. The van der Waals surface area contributed by atoms with Gasteiger partial charge in [-0.3, -0.25) is 4.79 Å². The first-order chi connectivity index (χ1) is 14.7. The van der Waals surface area contributed by atoms with Crippen molar-refractivity contribution in [2.75, 3.05) is 6.54 Å². The third kappa shape index (κ3) is 5.50. The van der Waals surface area contributed by atoms with Crippen LogP contribution in [0.4, 0.5) is 8.78 Å². The van der Waals surface area contributed by atoms with Crippen molar-refractivity contribution in [3.63, 3.8) is 0 Å². The van der Waals surface area contributed by atoms with Crippen molar-refractivity contribution in [1.29, 1.82) is 0 Å². The van der Waals surface area contributed by atoms with Crippen LogP contribution in [0.1, 0.15) is 54.1 Å². The van der Waals surface area contributed by atoms with Gasteiger partial charge in [0.2, 0.25) is 0 Å². The number of amides is 1. The first-order valence-electron chi connectivity index (χ1n) is 10.2. The highest BCUT2D eigenvalue weighted by Crippen LogP contribution is 2.31. The second-order valence-corrected chi connectivity index (χ2v) is 8.74.